The van der Waals surface area contributed by atoms with E-state index >= 15 is 0 Å². The Morgan fingerprint density at radius 1 is 1.24 bits per heavy atom. The average molecular weight is 295 g/mol. The second kappa shape index (κ2) is 9.37. The molecule has 0 bridgehead atoms. The van der Waals surface area contributed by atoms with Gasteiger partial charge in [0, 0.05) is 32.0 Å². The first kappa shape index (κ1) is 17.5. The number of guanidine groups is 1. The molecule has 0 aliphatic rings. The van der Waals surface area contributed by atoms with Gasteiger partial charge in [0.15, 0.2) is 11.8 Å². The van der Waals surface area contributed by atoms with Crippen molar-refractivity contribution < 1.29 is 4.52 Å². The van der Waals surface area contributed by atoms with E-state index in [9.17, 15) is 0 Å². The summed E-state index contributed by atoms with van der Waals surface area (Å²) in [5, 5.41) is 10.5. The lowest BCUT2D eigenvalue weighted by Crippen LogP contribution is -2.38. The summed E-state index contributed by atoms with van der Waals surface area (Å²) in [5.41, 5.74) is 0. The predicted molar refractivity (Wildman–Crippen MR) is 85.5 cm³/mol. The highest BCUT2D eigenvalue weighted by Gasteiger charge is 2.09. The van der Waals surface area contributed by atoms with E-state index in [0.29, 0.717) is 24.1 Å². The molecule has 1 rings (SSSR count). The lowest BCUT2D eigenvalue weighted by molar-refractivity contribution is 0.371. The van der Waals surface area contributed by atoms with Crippen LogP contribution >= 0.6 is 0 Å². The Morgan fingerprint density at radius 3 is 2.57 bits per heavy atom. The van der Waals surface area contributed by atoms with Crippen LogP contribution in [0.1, 0.15) is 58.7 Å². The zero-order valence-corrected chi connectivity index (χ0v) is 13.9. The van der Waals surface area contributed by atoms with Crippen LogP contribution in [0.3, 0.4) is 0 Å². The van der Waals surface area contributed by atoms with E-state index in [0.717, 1.165) is 37.8 Å². The summed E-state index contributed by atoms with van der Waals surface area (Å²) in [5.74, 6) is 3.25. The van der Waals surface area contributed by atoms with Crippen molar-refractivity contribution in [1.29, 1.82) is 0 Å². The molecule has 0 aliphatic carbocycles. The van der Waals surface area contributed by atoms with Crippen molar-refractivity contribution >= 4 is 5.96 Å². The first-order valence-corrected chi connectivity index (χ1v) is 7.87. The fraction of sp³-hybridized carbons (Fsp3) is 0.800. The SMILES string of the molecule is CCNC(=NCCC(C)C)NCCc1nc(C(C)C)no1. The maximum absolute atomic E-state index is 5.22. The number of nitrogens with zero attached hydrogens (tertiary/aromatic N) is 3. The summed E-state index contributed by atoms with van der Waals surface area (Å²) in [7, 11) is 0. The van der Waals surface area contributed by atoms with Crippen LogP contribution in [-0.2, 0) is 6.42 Å². The zero-order chi connectivity index (χ0) is 15.7. The lowest BCUT2D eigenvalue weighted by atomic mass is 10.1. The van der Waals surface area contributed by atoms with Gasteiger partial charge < -0.3 is 15.2 Å². The van der Waals surface area contributed by atoms with Crippen LogP contribution in [0.2, 0.25) is 0 Å². The van der Waals surface area contributed by atoms with Gasteiger partial charge in [0.25, 0.3) is 0 Å². The van der Waals surface area contributed by atoms with Gasteiger partial charge in [0.05, 0.1) is 0 Å². The third-order valence-electron chi connectivity index (χ3n) is 2.95. The Bertz CT molecular complexity index is 425. The van der Waals surface area contributed by atoms with Crippen LogP contribution in [0.25, 0.3) is 0 Å². The number of nitrogens with one attached hydrogen (secondary N) is 2. The third-order valence-corrected chi connectivity index (χ3v) is 2.95. The van der Waals surface area contributed by atoms with Gasteiger partial charge >= 0.3 is 0 Å². The van der Waals surface area contributed by atoms with Crippen LogP contribution in [0.5, 0.6) is 0 Å². The largest absolute Gasteiger partial charge is 0.357 e. The van der Waals surface area contributed by atoms with Gasteiger partial charge in [-0.15, -0.1) is 0 Å². The van der Waals surface area contributed by atoms with E-state index in [-0.39, 0.29) is 0 Å². The molecule has 0 fully saturated rings. The Kier molecular flexibility index (Phi) is 7.79. The van der Waals surface area contributed by atoms with Gasteiger partial charge in [-0.1, -0.05) is 32.9 Å². The average Bonchev–Trinajstić information content (AvgIpc) is 2.87. The quantitative estimate of drug-likeness (QED) is 0.569. The van der Waals surface area contributed by atoms with Gasteiger partial charge in [-0.3, -0.25) is 4.99 Å². The minimum atomic E-state index is 0.297. The molecule has 2 N–H and O–H groups in total. The molecule has 0 spiro atoms. The van der Waals surface area contributed by atoms with Crippen LogP contribution in [0.15, 0.2) is 9.52 Å². The van der Waals surface area contributed by atoms with E-state index in [1.165, 1.54) is 0 Å². The molecule has 0 unspecified atom stereocenters. The summed E-state index contributed by atoms with van der Waals surface area (Å²) in [6.07, 6.45) is 1.80. The lowest BCUT2D eigenvalue weighted by Gasteiger charge is -2.10. The highest BCUT2D eigenvalue weighted by atomic mass is 16.5. The van der Waals surface area contributed by atoms with E-state index in [1.54, 1.807) is 0 Å². The van der Waals surface area contributed by atoms with Crippen molar-refractivity contribution in [3.05, 3.63) is 11.7 Å². The maximum Gasteiger partial charge on any atom is 0.228 e. The number of aromatic nitrogens is 2. The molecular formula is C15H29N5O. The molecule has 0 aliphatic heterocycles. The molecule has 6 nitrogen and oxygen atoms in total. The molecule has 21 heavy (non-hydrogen) atoms. The Hall–Kier alpha value is -1.59. The first-order chi connectivity index (χ1) is 10.0. The molecule has 6 heteroatoms. The highest BCUT2D eigenvalue weighted by Crippen LogP contribution is 2.09. The highest BCUT2D eigenvalue weighted by molar-refractivity contribution is 5.79. The van der Waals surface area contributed by atoms with E-state index < -0.39 is 0 Å². The number of aliphatic imine (C=N–C) groups is 1. The van der Waals surface area contributed by atoms with Gasteiger partial charge in [-0.2, -0.15) is 4.98 Å². The van der Waals surface area contributed by atoms with Crippen molar-refractivity contribution in [3.8, 4) is 0 Å². The van der Waals surface area contributed by atoms with Crippen LogP contribution in [0.4, 0.5) is 0 Å². The summed E-state index contributed by atoms with van der Waals surface area (Å²) in [6.45, 7) is 13.0. The van der Waals surface area contributed by atoms with Crippen molar-refractivity contribution in [2.75, 3.05) is 19.6 Å². The normalized spacial score (nSPS) is 12.2. The van der Waals surface area contributed by atoms with Crippen LogP contribution < -0.4 is 10.6 Å². The molecule has 120 valence electrons. The Labute approximate surface area is 127 Å². The summed E-state index contributed by atoms with van der Waals surface area (Å²) in [4.78, 5) is 8.91. The molecular weight excluding hydrogens is 266 g/mol. The van der Waals surface area contributed by atoms with Gasteiger partial charge in [0.1, 0.15) is 0 Å². The molecule has 0 radical (unpaired) electrons. The van der Waals surface area contributed by atoms with Crippen LogP contribution in [0, 0.1) is 5.92 Å². The number of hydrogen-bond donors (Lipinski definition) is 2. The Balaban J connectivity index is 2.38. The monoisotopic (exact) mass is 295 g/mol. The van der Waals surface area contributed by atoms with Crippen molar-refractivity contribution in [1.82, 2.24) is 20.8 Å². The molecule has 0 saturated heterocycles. The van der Waals surface area contributed by atoms with Gasteiger partial charge in [-0.25, -0.2) is 0 Å². The molecule has 1 aromatic heterocycles. The van der Waals surface area contributed by atoms with Crippen molar-refractivity contribution in [3.63, 3.8) is 0 Å². The topological polar surface area (TPSA) is 75.3 Å². The molecule has 1 heterocycles. The second-order valence-corrected chi connectivity index (χ2v) is 5.82. The van der Waals surface area contributed by atoms with E-state index in [2.05, 4.69) is 60.4 Å². The van der Waals surface area contributed by atoms with E-state index in [4.69, 9.17) is 4.52 Å². The molecule has 0 saturated carbocycles. The number of rotatable bonds is 8. The number of hydrogen-bond acceptors (Lipinski definition) is 4. The summed E-state index contributed by atoms with van der Waals surface area (Å²) >= 11 is 0. The molecule has 1 aromatic rings. The van der Waals surface area contributed by atoms with Gasteiger partial charge in [0.2, 0.25) is 5.89 Å². The third kappa shape index (κ3) is 7.11. The van der Waals surface area contributed by atoms with E-state index in [1.807, 2.05) is 0 Å². The van der Waals surface area contributed by atoms with Crippen molar-refractivity contribution in [2.24, 2.45) is 10.9 Å². The van der Waals surface area contributed by atoms with Crippen molar-refractivity contribution in [2.45, 2.75) is 53.4 Å². The minimum absolute atomic E-state index is 0.297. The molecule has 0 aromatic carbocycles. The minimum Gasteiger partial charge on any atom is -0.357 e. The van der Waals surface area contributed by atoms with Gasteiger partial charge in [-0.05, 0) is 19.3 Å². The second-order valence-electron chi connectivity index (χ2n) is 5.82. The smallest absolute Gasteiger partial charge is 0.228 e. The zero-order valence-electron chi connectivity index (χ0n) is 13.9. The summed E-state index contributed by atoms with van der Waals surface area (Å²) in [6, 6.07) is 0. The molecule has 0 amide bonds. The predicted octanol–water partition coefficient (Wildman–Crippen LogP) is 2.34. The fourth-order valence-corrected chi connectivity index (χ4v) is 1.67. The molecule has 0 atom stereocenters. The first-order valence-electron chi connectivity index (χ1n) is 7.87. The Morgan fingerprint density at radius 2 is 2.00 bits per heavy atom. The standard InChI is InChI=1S/C15H29N5O/c1-6-16-15(17-9-7-11(2)3)18-10-8-13-19-14(12(4)5)20-21-13/h11-12H,6-10H2,1-5H3,(H2,16,17,18). The summed E-state index contributed by atoms with van der Waals surface area (Å²) < 4.78 is 5.22. The fourth-order valence-electron chi connectivity index (χ4n) is 1.67. The maximum atomic E-state index is 5.22. The van der Waals surface area contributed by atoms with Crippen LogP contribution in [-0.4, -0.2) is 35.7 Å².